The number of amides is 2. The van der Waals surface area contributed by atoms with Gasteiger partial charge in [-0.1, -0.05) is 6.92 Å². The van der Waals surface area contributed by atoms with E-state index >= 15 is 0 Å². The molecular weight excluding hydrogens is 605 g/mol. The Kier molecular flexibility index (Phi) is 6.43. The van der Waals surface area contributed by atoms with Gasteiger partial charge in [0.2, 0.25) is 5.91 Å². The maximum atomic E-state index is 11.5. The molecule has 0 fully saturated rings. The number of hydrogen-bond donors (Lipinski definition) is 3. The average Bonchev–Trinajstić information content (AvgIpc) is 2.33. The molecule has 1 aromatic carbocycles. The van der Waals surface area contributed by atoms with Gasteiger partial charge in [0.25, 0.3) is 5.91 Å². The maximum absolute atomic E-state index is 11.5. The van der Waals surface area contributed by atoms with Crippen LogP contribution in [-0.2, 0) is 4.79 Å². The zero-order valence-electron chi connectivity index (χ0n) is 10.1. The molecule has 0 bridgehead atoms. The van der Waals surface area contributed by atoms with Crippen molar-refractivity contribution in [3.63, 3.8) is 0 Å². The topological polar surface area (TPSA) is 109 Å². The van der Waals surface area contributed by atoms with Crippen molar-refractivity contribution >= 4 is 91.2 Å². The molecule has 4 N–H and O–H groups in total. The highest BCUT2D eigenvalue weighted by Crippen LogP contribution is 2.35. The van der Waals surface area contributed by atoms with Gasteiger partial charge in [-0.2, -0.15) is 0 Å². The van der Waals surface area contributed by atoms with Gasteiger partial charge in [-0.3, -0.25) is 9.59 Å². The first-order valence-corrected chi connectivity index (χ1v) is 8.49. The fourth-order valence-corrected chi connectivity index (χ4v) is 5.83. The maximum Gasteiger partial charge on any atom is 0.337 e. The molecule has 20 heavy (non-hydrogen) atoms. The van der Waals surface area contributed by atoms with Crippen molar-refractivity contribution in [2.75, 3.05) is 5.32 Å². The van der Waals surface area contributed by atoms with Crippen molar-refractivity contribution in [2.45, 2.75) is 13.3 Å². The van der Waals surface area contributed by atoms with Crippen LogP contribution in [0.1, 0.15) is 34.1 Å². The minimum absolute atomic E-state index is 0.0354. The minimum Gasteiger partial charge on any atom is -0.478 e. The Morgan fingerprint density at radius 1 is 1.10 bits per heavy atom. The van der Waals surface area contributed by atoms with Crippen molar-refractivity contribution in [3.8, 4) is 0 Å². The summed E-state index contributed by atoms with van der Waals surface area (Å²) >= 11 is 5.50. The van der Waals surface area contributed by atoms with E-state index < -0.39 is 11.9 Å². The number of rotatable bonds is 4. The van der Waals surface area contributed by atoms with Crippen LogP contribution in [0.15, 0.2) is 0 Å². The van der Waals surface area contributed by atoms with E-state index in [1.54, 1.807) is 29.5 Å². The number of anilines is 1. The first kappa shape index (κ1) is 17.9. The van der Waals surface area contributed by atoms with Crippen molar-refractivity contribution in [1.82, 2.24) is 0 Å². The second-order valence-corrected chi connectivity index (χ2v) is 6.87. The Morgan fingerprint density at radius 3 is 2.00 bits per heavy atom. The van der Waals surface area contributed by atoms with Crippen molar-refractivity contribution in [1.29, 1.82) is 0 Å². The summed E-state index contributed by atoms with van der Waals surface area (Å²) in [6, 6.07) is 0. The van der Waals surface area contributed by atoms with E-state index in [0.717, 1.165) is 0 Å². The molecule has 0 aliphatic carbocycles. The van der Waals surface area contributed by atoms with Crippen LogP contribution >= 0.6 is 67.8 Å². The number of benzene rings is 1. The van der Waals surface area contributed by atoms with Gasteiger partial charge in [0.15, 0.2) is 0 Å². The number of primary amides is 1. The highest BCUT2D eigenvalue weighted by Gasteiger charge is 2.27. The molecule has 108 valence electrons. The zero-order valence-corrected chi connectivity index (χ0v) is 16.6. The van der Waals surface area contributed by atoms with E-state index in [2.05, 4.69) is 5.32 Å². The van der Waals surface area contributed by atoms with Gasteiger partial charge in [-0.25, -0.2) is 4.79 Å². The fourth-order valence-electron chi connectivity index (χ4n) is 1.41. The summed E-state index contributed by atoms with van der Waals surface area (Å²) in [5, 5.41) is 11.9. The Balaban J connectivity index is 3.71. The Hall–Kier alpha value is -0.180. The summed E-state index contributed by atoms with van der Waals surface area (Å²) < 4.78 is 1.08. The second kappa shape index (κ2) is 7.20. The Morgan fingerprint density at radius 2 is 1.60 bits per heavy atom. The standard InChI is InChI=1S/C11H9I3N2O4/c1-2-3(17)16-9-7(13)4(10(15)18)6(12)5(8(9)14)11(19)20/h2H2,1H3,(H2,15,18)(H,16,17)(H,19,20). The lowest BCUT2D eigenvalue weighted by atomic mass is 10.1. The number of aromatic carboxylic acids is 1. The van der Waals surface area contributed by atoms with E-state index in [1.807, 2.05) is 45.2 Å². The van der Waals surface area contributed by atoms with Gasteiger partial charge in [0.05, 0.1) is 24.0 Å². The van der Waals surface area contributed by atoms with Crippen LogP contribution < -0.4 is 11.1 Å². The monoisotopic (exact) mass is 614 g/mol. The minimum atomic E-state index is -1.18. The third-order valence-electron chi connectivity index (χ3n) is 2.36. The third-order valence-corrected chi connectivity index (χ3v) is 5.60. The number of halogens is 3. The quantitative estimate of drug-likeness (QED) is 0.454. The summed E-state index contributed by atoms with van der Waals surface area (Å²) in [5.41, 5.74) is 5.69. The predicted molar refractivity (Wildman–Crippen MR) is 99.0 cm³/mol. The molecule has 0 spiro atoms. The van der Waals surface area contributed by atoms with Gasteiger partial charge in [-0.15, -0.1) is 0 Å². The molecule has 0 radical (unpaired) electrons. The van der Waals surface area contributed by atoms with Crippen molar-refractivity contribution in [3.05, 3.63) is 21.8 Å². The van der Waals surface area contributed by atoms with Crippen molar-refractivity contribution < 1.29 is 19.5 Å². The molecular formula is C11H9I3N2O4. The van der Waals surface area contributed by atoms with Crippen LogP contribution in [0, 0.1) is 10.7 Å². The fraction of sp³-hybridized carbons (Fsp3) is 0.182. The van der Waals surface area contributed by atoms with Crippen LogP contribution in [0.4, 0.5) is 5.69 Å². The number of carboxylic acid groups (broad SMARTS) is 1. The van der Waals surface area contributed by atoms with Gasteiger partial charge in [-0.05, 0) is 67.8 Å². The molecule has 9 heteroatoms. The highest BCUT2D eigenvalue weighted by molar-refractivity contribution is 14.1. The van der Waals surface area contributed by atoms with Crippen LogP contribution in [0.25, 0.3) is 0 Å². The molecule has 1 rings (SSSR count). The first-order chi connectivity index (χ1) is 9.22. The molecule has 0 aliphatic heterocycles. The molecule has 0 aromatic heterocycles. The Labute approximate surface area is 155 Å². The second-order valence-electron chi connectivity index (χ2n) is 3.64. The molecule has 1 aromatic rings. The molecule has 0 heterocycles. The highest BCUT2D eigenvalue weighted by atomic mass is 127. The van der Waals surface area contributed by atoms with E-state index in [0.29, 0.717) is 12.8 Å². The summed E-state index contributed by atoms with van der Waals surface area (Å²) in [6.07, 6.45) is 0.243. The smallest absolute Gasteiger partial charge is 0.337 e. The molecule has 2 amide bonds. The van der Waals surface area contributed by atoms with Crippen LogP contribution in [0.3, 0.4) is 0 Å². The van der Waals surface area contributed by atoms with Crippen molar-refractivity contribution in [2.24, 2.45) is 5.73 Å². The average molecular weight is 614 g/mol. The zero-order chi connectivity index (χ0) is 15.6. The van der Waals surface area contributed by atoms with Crippen LogP contribution in [0.2, 0.25) is 0 Å². The van der Waals surface area contributed by atoms with E-state index in [-0.39, 0.29) is 27.0 Å². The summed E-state index contributed by atoms with van der Waals surface area (Å²) in [4.78, 5) is 34.4. The third kappa shape index (κ3) is 3.52. The number of carbonyl (C=O) groups excluding carboxylic acids is 2. The number of nitrogens with one attached hydrogen (secondary N) is 1. The molecule has 0 saturated carbocycles. The van der Waals surface area contributed by atoms with Crippen LogP contribution in [0.5, 0.6) is 0 Å². The number of carboxylic acids is 1. The normalized spacial score (nSPS) is 10.2. The van der Waals surface area contributed by atoms with Gasteiger partial charge in [0.1, 0.15) is 0 Å². The lowest BCUT2D eigenvalue weighted by Crippen LogP contribution is -2.22. The van der Waals surface area contributed by atoms with Crippen LogP contribution in [-0.4, -0.2) is 22.9 Å². The van der Waals surface area contributed by atoms with E-state index in [1.165, 1.54) is 0 Å². The lowest BCUT2D eigenvalue weighted by molar-refractivity contribution is -0.115. The van der Waals surface area contributed by atoms with Gasteiger partial charge in [0, 0.05) is 9.99 Å². The first-order valence-electron chi connectivity index (χ1n) is 5.25. The van der Waals surface area contributed by atoms with Gasteiger partial charge >= 0.3 is 5.97 Å². The predicted octanol–water partition coefficient (Wildman–Crippen LogP) is 2.65. The molecule has 0 saturated heterocycles. The van der Waals surface area contributed by atoms with Gasteiger partial charge < -0.3 is 16.2 Å². The summed E-state index contributed by atoms with van der Waals surface area (Å²) in [5.74, 6) is -2.18. The summed E-state index contributed by atoms with van der Waals surface area (Å²) in [6.45, 7) is 1.68. The molecule has 0 unspecified atom stereocenters. The molecule has 0 aliphatic rings. The Bertz CT molecular complexity index is 575. The molecule has 6 nitrogen and oxygen atoms in total. The van der Waals surface area contributed by atoms with E-state index in [4.69, 9.17) is 5.73 Å². The van der Waals surface area contributed by atoms with E-state index in [9.17, 15) is 19.5 Å². The summed E-state index contributed by atoms with van der Waals surface area (Å²) in [7, 11) is 0. The molecule has 0 atom stereocenters. The largest absolute Gasteiger partial charge is 0.478 e. The SMILES string of the molecule is CCC(=O)Nc1c(I)c(C(N)=O)c(I)c(C(=O)O)c1I. The number of hydrogen-bond acceptors (Lipinski definition) is 3. The lowest BCUT2D eigenvalue weighted by Gasteiger charge is -2.16. The number of nitrogens with two attached hydrogens (primary N) is 1. The number of carbonyl (C=O) groups is 3.